The third kappa shape index (κ3) is 6.25. The summed E-state index contributed by atoms with van der Waals surface area (Å²) in [6, 6.07) is 7.22. The van der Waals surface area contributed by atoms with E-state index in [0.29, 0.717) is 22.9 Å². The lowest BCUT2D eigenvalue weighted by atomic mass is 10.1. The lowest BCUT2D eigenvalue weighted by Crippen LogP contribution is -2.33. The molecule has 1 aliphatic heterocycles. The smallest absolute Gasteiger partial charge is 0.340 e. The number of imidazole rings is 1. The molecule has 1 unspecified atom stereocenters. The highest BCUT2D eigenvalue weighted by atomic mass is 35.5. The Morgan fingerprint density at radius 3 is 2.49 bits per heavy atom. The van der Waals surface area contributed by atoms with E-state index in [-0.39, 0.29) is 5.65 Å². The second kappa shape index (κ2) is 10.2. The molecule has 190 valence electrons. The summed E-state index contributed by atoms with van der Waals surface area (Å²) in [6.07, 6.45) is -2.84. The van der Waals surface area contributed by atoms with E-state index in [1.54, 1.807) is 12.1 Å². The van der Waals surface area contributed by atoms with Crippen LogP contribution >= 0.6 is 26.8 Å². The van der Waals surface area contributed by atoms with Crippen LogP contribution in [0.15, 0.2) is 36.9 Å². The number of rotatable bonds is 9. The molecule has 3 aromatic rings. The molecule has 0 radical (unpaired) electrons. The summed E-state index contributed by atoms with van der Waals surface area (Å²) >= 11 is 5.90. The van der Waals surface area contributed by atoms with Crippen molar-refractivity contribution in [3.63, 3.8) is 0 Å². The zero-order valence-corrected chi connectivity index (χ0v) is 20.4. The van der Waals surface area contributed by atoms with Gasteiger partial charge in [-0.3, -0.25) is 13.7 Å². The number of anilines is 1. The molecule has 6 N–H and O–H groups in total. The maximum Gasteiger partial charge on any atom is 0.340 e. The molecule has 3 heterocycles. The second-order valence-corrected chi connectivity index (χ2v) is 12.2. The average molecular weight is 550 g/mol. The number of hydrogen-bond acceptors (Lipinski definition) is 10. The molecule has 35 heavy (non-hydrogen) atoms. The zero-order chi connectivity index (χ0) is 25.4. The van der Waals surface area contributed by atoms with E-state index in [1.807, 2.05) is 12.1 Å². The van der Waals surface area contributed by atoms with Crippen LogP contribution in [0.1, 0.15) is 11.8 Å². The van der Waals surface area contributed by atoms with Crippen molar-refractivity contribution in [3.05, 3.63) is 47.5 Å². The first-order chi connectivity index (χ1) is 16.4. The van der Waals surface area contributed by atoms with Crippen molar-refractivity contribution in [2.24, 2.45) is 0 Å². The predicted octanol–water partition coefficient (Wildman–Crippen LogP) is 1.05. The van der Waals surface area contributed by atoms with Crippen LogP contribution in [0.2, 0.25) is 5.02 Å². The van der Waals surface area contributed by atoms with Crippen LogP contribution in [0, 0.1) is 0 Å². The first-order valence-electron chi connectivity index (χ1n) is 10.1. The Balaban J connectivity index is 1.48. The molecule has 1 fully saturated rings. The number of ether oxygens (including phenoxy) is 1. The van der Waals surface area contributed by atoms with Crippen molar-refractivity contribution in [1.82, 2.24) is 19.5 Å². The van der Waals surface area contributed by atoms with Gasteiger partial charge in [-0.15, -0.1) is 0 Å². The minimum Gasteiger partial charge on any atom is -0.387 e. The van der Waals surface area contributed by atoms with Crippen LogP contribution in [0.3, 0.4) is 0 Å². The van der Waals surface area contributed by atoms with Gasteiger partial charge in [0.05, 0.1) is 12.9 Å². The number of fused-ring (bicyclic) bond motifs is 1. The Labute approximate surface area is 203 Å². The molecule has 0 aliphatic carbocycles. The van der Waals surface area contributed by atoms with Gasteiger partial charge in [0.15, 0.2) is 29.1 Å². The fourth-order valence-corrected chi connectivity index (χ4v) is 6.21. The standard InChI is InChI=1S/C18H22ClN5O9P2/c19-11-3-1-10(2-4-11)5-20-16-13-17(22-7-21-16)24(8-23-13)18-15(26)14(25)12(33-18)6-32-35(30,31)9-34(27,28)29/h1-4,7-8,12,14-15,18,25-26H,5-6,9H2,(H,30,31)(H,20,21,22)(H2,27,28,29)/t12-,14-,15-,18-/m1/s1. The van der Waals surface area contributed by atoms with Crippen LogP contribution in [-0.4, -0.2) is 75.2 Å². The number of benzene rings is 1. The van der Waals surface area contributed by atoms with Gasteiger partial charge in [0, 0.05) is 11.6 Å². The Hall–Kier alpha value is -1.96. The van der Waals surface area contributed by atoms with Crippen LogP contribution < -0.4 is 5.32 Å². The molecule has 1 aromatic carbocycles. The van der Waals surface area contributed by atoms with Gasteiger partial charge in [0.25, 0.3) is 0 Å². The normalized spacial score (nSPS) is 24.5. The quantitative estimate of drug-likeness (QED) is 0.206. The van der Waals surface area contributed by atoms with Gasteiger partial charge in [-0.05, 0) is 17.7 Å². The zero-order valence-electron chi connectivity index (χ0n) is 17.8. The number of aliphatic hydroxyl groups is 2. The molecule has 2 aromatic heterocycles. The van der Waals surface area contributed by atoms with Crippen LogP contribution in [0.25, 0.3) is 11.2 Å². The molecular weight excluding hydrogens is 528 g/mol. The van der Waals surface area contributed by atoms with E-state index in [4.69, 9.17) is 30.6 Å². The number of halogens is 1. The van der Waals surface area contributed by atoms with Crippen molar-refractivity contribution in [1.29, 1.82) is 0 Å². The van der Waals surface area contributed by atoms with Gasteiger partial charge >= 0.3 is 15.2 Å². The third-order valence-electron chi connectivity index (χ3n) is 5.15. The maximum absolute atomic E-state index is 11.9. The van der Waals surface area contributed by atoms with Crippen LogP contribution in [-0.2, 0) is 24.9 Å². The molecule has 0 spiro atoms. The summed E-state index contributed by atoms with van der Waals surface area (Å²) in [5.41, 5.74) is 1.60. The molecular formula is C18H22ClN5O9P2. The van der Waals surface area contributed by atoms with Gasteiger partial charge < -0.3 is 39.5 Å². The van der Waals surface area contributed by atoms with E-state index >= 15 is 0 Å². The van der Waals surface area contributed by atoms with Gasteiger partial charge in [0.2, 0.25) is 0 Å². The van der Waals surface area contributed by atoms with E-state index < -0.39 is 52.2 Å². The maximum atomic E-state index is 11.9. The number of nitrogens with zero attached hydrogens (tertiary/aromatic N) is 4. The van der Waals surface area contributed by atoms with E-state index in [0.717, 1.165) is 5.56 Å². The Kier molecular flexibility index (Phi) is 7.60. The van der Waals surface area contributed by atoms with Gasteiger partial charge in [0.1, 0.15) is 24.6 Å². The monoisotopic (exact) mass is 549 g/mol. The Morgan fingerprint density at radius 2 is 1.80 bits per heavy atom. The molecule has 17 heteroatoms. The summed E-state index contributed by atoms with van der Waals surface area (Å²) in [4.78, 5) is 40.1. The van der Waals surface area contributed by atoms with E-state index in [1.165, 1.54) is 17.2 Å². The highest BCUT2D eigenvalue weighted by Gasteiger charge is 2.45. The minimum atomic E-state index is -4.82. The molecule has 5 atom stereocenters. The number of aliphatic hydroxyl groups excluding tert-OH is 2. The van der Waals surface area contributed by atoms with Crippen molar-refractivity contribution >= 4 is 43.8 Å². The molecule has 1 aliphatic rings. The van der Waals surface area contributed by atoms with Crippen LogP contribution in [0.5, 0.6) is 0 Å². The summed E-state index contributed by atoms with van der Waals surface area (Å²) in [6.45, 7) is -0.273. The SMILES string of the molecule is O=P(O)(O)CP(=O)(O)OC[C@H]1O[C@@H](n2cnc3c(NCc4ccc(Cl)cc4)ncnc32)[C@H](O)[C@@H]1O. The summed E-state index contributed by atoms with van der Waals surface area (Å²) in [7, 11) is -9.48. The van der Waals surface area contributed by atoms with Crippen molar-refractivity contribution < 1.29 is 43.3 Å². The highest BCUT2D eigenvalue weighted by molar-refractivity contribution is 7.70. The van der Waals surface area contributed by atoms with Crippen molar-refractivity contribution in [3.8, 4) is 0 Å². The molecule has 1 saturated heterocycles. The molecule has 14 nitrogen and oxygen atoms in total. The van der Waals surface area contributed by atoms with E-state index in [9.17, 15) is 24.2 Å². The van der Waals surface area contributed by atoms with Gasteiger partial charge in [-0.1, -0.05) is 23.7 Å². The molecule has 0 bridgehead atoms. The first kappa shape index (κ1) is 26.1. The Morgan fingerprint density at radius 1 is 1.09 bits per heavy atom. The van der Waals surface area contributed by atoms with Crippen molar-refractivity contribution in [2.45, 2.75) is 31.1 Å². The second-order valence-electron chi connectivity index (χ2n) is 7.81. The lowest BCUT2D eigenvalue weighted by molar-refractivity contribution is -0.0483. The largest absolute Gasteiger partial charge is 0.387 e. The van der Waals surface area contributed by atoms with E-state index in [2.05, 4.69) is 20.3 Å². The number of aromatic nitrogens is 4. The molecule has 0 amide bonds. The van der Waals surface area contributed by atoms with Gasteiger partial charge in [-0.2, -0.15) is 0 Å². The lowest BCUT2D eigenvalue weighted by Gasteiger charge is -2.18. The van der Waals surface area contributed by atoms with Crippen molar-refractivity contribution in [2.75, 3.05) is 17.8 Å². The fraction of sp³-hybridized carbons (Fsp3) is 0.389. The number of nitrogens with one attached hydrogen (secondary N) is 1. The topological polar surface area (TPSA) is 209 Å². The first-order valence-corrected chi connectivity index (χ1v) is 14.1. The van der Waals surface area contributed by atoms with Crippen LogP contribution in [0.4, 0.5) is 5.82 Å². The number of hydrogen-bond donors (Lipinski definition) is 6. The molecule has 4 rings (SSSR count). The minimum absolute atomic E-state index is 0.283. The third-order valence-corrected chi connectivity index (χ3v) is 8.85. The predicted molar refractivity (Wildman–Crippen MR) is 123 cm³/mol. The summed E-state index contributed by atoms with van der Waals surface area (Å²) in [5.74, 6) is -0.973. The summed E-state index contributed by atoms with van der Waals surface area (Å²) in [5, 5.41) is 24.6. The van der Waals surface area contributed by atoms with Gasteiger partial charge in [-0.25, -0.2) is 15.0 Å². The highest BCUT2D eigenvalue weighted by Crippen LogP contribution is 2.55. The average Bonchev–Trinajstić information content (AvgIpc) is 3.32. The molecule has 0 saturated carbocycles. The Bertz CT molecular complexity index is 1290. The summed E-state index contributed by atoms with van der Waals surface area (Å²) < 4.78 is 34.6. The fourth-order valence-electron chi connectivity index (χ4n) is 3.52.